The first kappa shape index (κ1) is 19.3. The van der Waals surface area contributed by atoms with Gasteiger partial charge in [-0.3, -0.25) is 4.79 Å². The van der Waals surface area contributed by atoms with Gasteiger partial charge in [0.15, 0.2) is 16.6 Å². The molecular formula is C20H19N3O5S2. The van der Waals surface area contributed by atoms with Crippen LogP contribution < -0.4 is 14.8 Å². The number of anilines is 1. The molecule has 1 N–H and O–H groups in total. The lowest BCUT2D eigenvalue weighted by Gasteiger charge is -2.23. The van der Waals surface area contributed by atoms with Crippen molar-refractivity contribution < 1.29 is 22.7 Å². The number of nitrogens with one attached hydrogen (secondary N) is 1. The van der Waals surface area contributed by atoms with E-state index in [1.54, 1.807) is 30.3 Å². The van der Waals surface area contributed by atoms with Crippen LogP contribution in [0.3, 0.4) is 0 Å². The van der Waals surface area contributed by atoms with E-state index in [0.717, 1.165) is 10.3 Å². The molecule has 0 spiro atoms. The summed E-state index contributed by atoms with van der Waals surface area (Å²) in [4.78, 5) is 17.6. The van der Waals surface area contributed by atoms with E-state index in [1.807, 2.05) is 13.0 Å². The van der Waals surface area contributed by atoms with E-state index in [-0.39, 0.29) is 17.6 Å². The van der Waals surface area contributed by atoms with E-state index in [2.05, 4.69) is 10.3 Å². The Hall–Kier alpha value is -2.69. The third-order valence-corrected chi connectivity index (χ3v) is 8.10. The summed E-state index contributed by atoms with van der Waals surface area (Å²) in [6, 6.07) is 9.50. The van der Waals surface area contributed by atoms with Crippen LogP contribution in [0.15, 0.2) is 41.3 Å². The molecule has 1 atom stereocenters. The Bertz CT molecular complexity index is 1200. The number of carbonyl (C=O) groups excluding carboxylic acids is 1. The molecule has 5 rings (SSSR count). The molecule has 8 nitrogen and oxygen atoms in total. The Labute approximate surface area is 177 Å². The number of ether oxygens (including phenoxy) is 2. The highest BCUT2D eigenvalue weighted by molar-refractivity contribution is 7.89. The maximum absolute atomic E-state index is 13.1. The van der Waals surface area contributed by atoms with Crippen LogP contribution in [-0.2, 0) is 14.8 Å². The van der Waals surface area contributed by atoms with Crippen molar-refractivity contribution in [3.05, 3.63) is 42.0 Å². The maximum Gasteiger partial charge on any atom is 0.244 e. The van der Waals surface area contributed by atoms with Gasteiger partial charge in [-0.15, -0.1) is 0 Å². The van der Waals surface area contributed by atoms with E-state index in [4.69, 9.17) is 9.47 Å². The first-order chi connectivity index (χ1) is 14.4. The van der Waals surface area contributed by atoms with Gasteiger partial charge in [0.1, 0.15) is 6.04 Å². The minimum Gasteiger partial charge on any atom is -0.454 e. The zero-order valence-electron chi connectivity index (χ0n) is 16.1. The van der Waals surface area contributed by atoms with Crippen LogP contribution in [0.25, 0.3) is 10.2 Å². The molecule has 2 aliphatic rings. The first-order valence-corrected chi connectivity index (χ1v) is 11.8. The fraction of sp³-hybridized carbons (Fsp3) is 0.300. The highest BCUT2D eigenvalue weighted by Gasteiger charge is 2.39. The average Bonchev–Trinajstić information content (AvgIpc) is 3.45. The Morgan fingerprint density at radius 3 is 2.70 bits per heavy atom. The molecule has 1 saturated heterocycles. The van der Waals surface area contributed by atoms with E-state index in [1.165, 1.54) is 15.6 Å². The number of fused-ring (bicyclic) bond motifs is 2. The molecular weight excluding hydrogens is 426 g/mol. The van der Waals surface area contributed by atoms with E-state index in [0.29, 0.717) is 41.5 Å². The quantitative estimate of drug-likeness (QED) is 0.663. The highest BCUT2D eigenvalue weighted by atomic mass is 32.2. The second kappa shape index (κ2) is 7.22. The van der Waals surface area contributed by atoms with Crippen LogP contribution in [0, 0.1) is 6.92 Å². The Balaban J connectivity index is 1.37. The van der Waals surface area contributed by atoms with Gasteiger partial charge in [-0.2, -0.15) is 4.31 Å². The number of aromatic nitrogens is 1. The second-order valence-corrected chi connectivity index (χ2v) is 10.2. The zero-order chi connectivity index (χ0) is 20.9. The van der Waals surface area contributed by atoms with Crippen LogP contribution in [0.1, 0.15) is 18.4 Å². The highest BCUT2D eigenvalue weighted by Crippen LogP contribution is 2.39. The molecule has 10 heteroatoms. The van der Waals surface area contributed by atoms with Crippen molar-refractivity contribution in [2.24, 2.45) is 0 Å². The number of hydrogen-bond acceptors (Lipinski definition) is 7. The summed E-state index contributed by atoms with van der Waals surface area (Å²) >= 11 is 1.31. The van der Waals surface area contributed by atoms with Gasteiger partial charge in [-0.25, -0.2) is 13.4 Å². The van der Waals surface area contributed by atoms with Crippen LogP contribution in [0.2, 0.25) is 0 Å². The number of nitrogens with zero attached hydrogens (tertiary/aromatic N) is 2. The van der Waals surface area contributed by atoms with Crippen molar-refractivity contribution in [3.8, 4) is 11.5 Å². The summed E-state index contributed by atoms with van der Waals surface area (Å²) in [6.45, 7) is 2.39. The molecule has 2 aromatic carbocycles. The smallest absolute Gasteiger partial charge is 0.244 e. The van der Waals surface area contributed by atoms with Crippen molar-refractivity contribution in [3.63, 3.8) is 0 Å². The van der Waals surface area contributed by atoms with Crippen molar-refractivity contribution in [2.75, 3.05) is 18.7 Å². The Morgan fingerprint density at radius 2 is 1.93 bits per heavy atom. The van der Waals surface area contributed by atoms with Gasteiger partial charge >= 0.3 is 0 Å². The molecule has 3 aromatic rings. The molecule has 0 aliphatic carbocycles. The van der Waals surface area contributed by atoms with Gasteiger partial charge in [-0.1, -0.05) is 29.0 Å². The molecule has 156 valence electrons. The average molecular weight is 446 g/mol. The second-order valence-electron chi connectivity index (χ2n) is 7.27. The lowest BCUT2D eigenvalue weighted by Crippen LogP contribution is -2.43. The van der Waals surface area contributed by atoms with E-state index < -0.39 is 16.1 Å². The largest absolute Gasteiger partial charge is 0.454 e. The number of aryl methyl sites for hydroxylation is 1. The molecule has 1 fully saturated rings. The summed E-state index contributed by atoms with van der Waals surface area (Å²) in [6.07, 6.45) is 1.10. The van der Waals surface area contributed by atoms with E-state index in [9.17, 15) is 13.2 Å². The SMILES string of the molecule is Cc1ccc(S(=O)(=O)N2CCCC2C(=O)Nc2nc3cc4c(cc3s2)OCO4)cc1. The first-order valence-electron chi connectivity index (χ1n) is 9.51. The van der Waals surface area contributed by atoms with Crippen LogP contribution >= 0.6 is 11.3 Å². The third-order valence-electron chi connectivity index (χ3n) is 5.25. The number of hydrogen-bond donors (Lipinski definition) is 1. The number of amides is 1. The minimum atomic E-state index is -3.75. The summed E-state index contributed by atoms with van der Waals surface area (Å²) < 4.78 is 39.0. The Morgan fingerprint density at radius 1 is 1.20 bits per heavy atom. The monoisotopic (exact) mass is 445 g/mol. The van der Waals surface area contributed by atoms with Crippen LogP contribution in [0.5, 0.6) is 11.5 Å². The maximum atomic E-state index is 13.1. The summed E-state index contributed by atoms with van der Waals surface area (Å²) in [5.41, 5.74) is 1.66. The zero-order valence-corrected chi connectivity index (χ0v) is 17.8. The number of sulfonamides is 1. The normalized spacial score (nSPS) is 18.8. The topological polar surface area (TPSA) is 97.8 Å². The fourth-order valence-corrected chi connectivity index (χ4v) is 6.23. The molecule has 0 saturated carbocycles. The van der Waals surface area contributed by atoms with Gasteiger partial charge in [0.05, 0.1) is 15.1 Å². The van der Waals surface area contributed by atoms with Gasteiger partial charge < -0.3 is 14.8 Å². The van der Waals surface area contributed by atoms with Gasteiger partial charge in [-0.05, 0) is 31.9 Å². The molecule has 2 aliphatic heterocycles. The molecule has 1 amide bonds. The van der Waals surface area contributed by atoms with Gasteiger partial charge in [0, 0.05) is 18.7 Å². The number of carbonyl (C=O) groups is 1. The van der Waals surface area contributed by atoms with Gasteiger partial charge in [0.2, 0.25) is 22.7 Å². The third kappa shape index (κ3) is 3.30. The molecule has 1 aromatic heterocycles. The standard InChI is InChI=1S/C20H19N3O5S2/c1-12-4-6-13(7-5-12)30(25,26)23-8-2-3-15(23)19(24)22-20-21-14-9-16-17(28-11-27-16)10-18(14)29-20/h4-7,9-10,15H,2-3,8,11H2,1H3,(H,21,22,24). The molecule has 0 bridgehead atoms. The number of thiazole rings is 1. The lowest BCUT2D eigenvalue weighted by atomic mass is 10.2. The summed E-state index contributed by atoms with van der Waals surface area (Å²) in [7, 11) is -3.75. The number of rotatable bonds is 4. The fourth-order valence-electron chi connectivity index (χ4n) is 3.70. The number of benzene rings is 2. The molecule has 30 heavy (non-hydrogen) atoms. The van der Waals surface area contributed by atoms with E-state index >= 15 is 0 Å². The molecule has 0 radical (unpaired) electrons. The van der Waals surface area contributed by atoms with Gasteiger partial charge in [0.25, 0.3) is 0 Å². The van der Waals surface area contributed by atoms with Crippen molar-refractivity contribution >= 4 is 42.6 Å². The molecule has 3 heterocycles. The van der Waals surface area contributed by atoms with Crippen LogP contribution in [0.4, 0.5) is 5.13 Å². The van der Waals surface area contributed by atoms with Crippen molar-refractivity contribution in [1.82, 2.24) is 9.29 Å². The minimum absolute atomic E-state index is 0.184. The summed E-state index contributed by atoms with van der Waals surface area (Å²) in [5, 5.41) is 3.21. The van der Waals surface area contributed by atoms with Crippen LogP contribution in [-0.4, -0.2) is 43.0 Å². The summed E-state index contributed by atoms with van der Waals surface area (Å²) in [5.74, 6) is 0.898. The van der Waals surface area contributed by atoms with Crippen molar-refractivity contribution in [2.45, 2.75) is 30.7 Å². The lowest BCUT2D eigenvalue weighted by molar-refractivity contribution is -0.119. The molecule has 1 unspecified atom stereocenters. The Kier molecular flexibility index (Phi) is 4.64. The predicted molar refractivity (Wildman–Crippen MR) is 112 cm³/mol. The predicted octanol–water partition coefficient (Wildman–Crippen LogP) is 3.13. The van der Waals surface area contributed by atoms with Crippen molar-refractivity contribution in [1.29, 1.82) is 0 Å².